The van der Waals surface area contributed by atoms with Gasteiger partial charge < -0.3 is 0 Å². The van der Waals surface area contributed by atoms with E-state index in [2.05, 4.69) is 20.8 Å². The largest absolute Gasteiger partial charge is 0.0623 e. The van der Waals surface area contributed by atoms with Crippen molar-refractivity contribution in [3.8, 4) is 0 Å². The zero-order chi connectivity index (χ0) is 8.43. The number of rotatable bonds is 1. The van der Waals surface area contributed by atoms with E-state index in [1.54, 1.807) is 0 Å². The highest BCUT2D eigenvalue weighted by atomic mass is 14.0. The molecule has 1 rings (SSSR count). The molecule has 0 spiro atoms. The first kappa shape index (κ1) is 5.96. The Morgan fingerprint density at radius 1 is 1.40 bits per heavy atom. The monoisotopic (exact) mass is 135 g/mol. The molecule has 0 amide bonds. The highest BCUT2D eigenvalue weighted by molar-refractivity contribution is 5.27. The number of hydrogen-bond donors (Lipinski definition) is 0. The zero-order valence-corrected chi connectivity index (χ0v) is 6.81. The van der Waals surface area contributed by atoms with Crippen LogP contribution in [0.5, 0.6) is 0 Å². The van der Waals surface area contributed by atoms with Crippen LogP contribution in [0.3, 0.4) is 0 Å². The van der Waals surface area contributed by atoms with Gasteiger partial charge in [0.1, 0.15) is 0 Å². The minimum absolute atomic E-state index is 0.565. The summed E-state index contributed by atoms with van der Waals surface area (Å²) in [5, 5.41) is 0. The fraction of sp³-hybridized carbons (Fsp3) is 0.400. The van der Waals surface area contributed by atoms with E-state index in [4.69, 9.17) is 1.37 Å². The smallest absolute Gasteiger partial charge is 0.0620 e. The van der Waals surface area contributed by atoms with E-state index < -0.39 is 0 Å². The Labute approximate surface area is 64.3 Å². The average Bonchev–Trinajstić information content (AvgIpc) is 1.85. The van der Waals surface area contributed by atoms with Crippen molar-refractivity contribution in [2.75, 3.05) is 0 Å². The van der Waals surface area contributed by atoms with Crippen molar-refractivity contribution in [3.63, 3.8) is 0 Å². The Morgan fingerprint density at radius 3 is 2.60 bits per heavy atom. The van der Waals surface area contributed by atoms with Gasteiger partial charge >= 0.3 is 0 Å². The van der Waals surface area contributed by atoms with Gasteiger partial charge in [0.2, 0.25) is 0 Å². The second kappa shape index (κ2) is 2.87. The first-order valence-corrected chi connectivity index (χ1v) is 3.68. The molecule has 0 aliphatic rings. The fourth-order valence-corrected chi connectivity index (χ4v) is 1.17. The van der Waals surface area contributed by atoms with E-state index in [1.807, 2.05) is 18.2 Å². The molecule has 0 saturated heterocycles. The predicted molar refractivity (Wildman–Crippen MR) is 45.3 cm³/mol. The van der Waals surface area contributed by atoms with Crippen LogP contribution in [-0.2, 0) is 0 Å². The van der Waals surface area contributed by atoms with E-state index in [9.17, 15) is 0 Å². The molecule has 10 heavy (non-hydrogen) atoms. The first-order valence-electron chi connectivity index (χ1n) is 4.18. The van der Waals surface area contributed by atoms with Crippen molar-refractivity contribution in [2.24, 2.45) is 0 Å². The van der Waals surface area contributed by atoms with Crippen LogP contribution >= 0.6 is 0 Å². The summed E-state index contributed by atoms with van der Waals surface area (Å²) < 4.78 is 7.37. The molecule has 0 atom stereocenters. The van der Waals surface area contributed by atoms with Crippen molar-refractivity contribution in [2.45, 2.75) is 26.7 Å². The highest BCUT2D eigenvalue weighted by Crippen LogP contribution is 2.17. The Hall–Kier alpha value is -0.780. The van der Waals surface area contributed by atoms with Crippen LogP contribution in [0.15, 0.2) is 24.2 Å². The maximum absolute atomic E-state index is 7.37. The zero-order valence-electron chi connectivity index (χ0n) is 7.81. The van der Waals surface area contributed by atoms with E-state index in [-0.39, 0.29) is 0 Å². The molecule has 1 aromatic carbocycles. The maximum atomic E-state index is 7.37. The van der Waals surface area contributed by atoms with Crippen LogP contribution in [0.2, 0.25) is 0 Å². The van der Waals surface area contributed by atoms with Gasteiger partial charge in [0.15, 0.2) is 0 Å². The summed E-state index contributed by atoms with van der Waals surface area (Å²) in [5.74, 6) is 0.565. The lowest BCUT2D eigenvalue weighted by Gasteiger charge is -2.07. The van der Waals surface area contributed by atoms with Crippen LogP contribution in [-0.4, -0.2) is 0 Å². The summed E-state index contributed by atoms with van der Waals surface area (Å²) >= 11 is 0. The SMILES string of the molecule is [2H]c1ccc(C(C)C)c(C)c1. The Bertz CT molecular complexity index is 251. The third kappa shape index (κ3) is 1.38. The molecule has 54 valence electrons. The Kier molecular flexibility index (Phi) is 1.71. The Balaban J connectivity index is 3.09. The minimum atomic E-state index is 0.565. The normalized spacial score (nSPS) is 11.8. The summed E-state index contributed by atoms with van der Waals surface area (Å²) in [6.45, 7) is 6.41. The van der Waals surface area contributed by atoms with Gasteiger partial charge in [-0.3, -0.25) is 0 Å². The number of aryl methyl sites for hydroxylation is 1. The van der Waals surface area contributed by atoms with Crippen molar-refractivity contribution < 1.29 is 1.37 Å². The van der Waals surface area contributed by atoms with E-state index in [1.165, 1.54) is 11.1 Å². The van der Waals surface area contributed by atoms with Crippen LogP contribution in [0, 0.1) is 6.92 Å². The molecular formula is C10H14. The minimum Gasteiger partial charge on any atom is -0.0620 e. The molecular weight excluding hydrogens is 120 g/mol. The first-order chi connectivity index (χ1) is 5.11. The molecule has 0 nitrogen and oxygen atoms in total. The lowest BCUT2D eigenvalue weighted by atomic mass is 9.99. The molecule has 0 unspecified atom stereocenters. The van der Waals surface area contributed by atoms with Crippen LogP contribution in [0.4, 0.5) is 0 Å². The van der Waals surface area contributed by atoms with Gasteiger partial charge in [-0.1, -0.05) is 38.1 Å². The third-order valence-corrected chi connectivity index (χ3v) is 1.74. The van der Waals surface area contributed by atoms with Gasteiger partial charge in [-0.05, 0) is 24.0 Å². The third-order valence-electron chi connectivity index (χ3n) is 1.74. The highest BCUT2D eigenvalue weighted by Gasteiger charge is 1.99. The second-order valence-electron chi connectivity index (χ2n) is 2.94. The van der Waals surface area contributed by atoms with E-state index in [0.717, 1.165) is 0 Å². The molecule has 0 radical (unpaired) electrons. The van der Waals surface area contributed by atoms with Crippen molar-refractivity contribution in [1.82, 2.24) is 0 Å². The van der Waals surface area contributed by atoms with Crippen LogP contribution in [0.25, 0.3) is 0 Å². The van der Waals surface area contributed by atoms with Gasteiger partial charge in [0.05, 0.1) is 1.37 Å². The Morgan fingerprint density at radius 2 is 2.10 bits per heavy atom. The molecule has 0 aromatic heterocycles. The van der Waals surface area contributed by atoms with E-state index >= 15 is 0 Å². The summed E-state index contributed by atoms with van der Waals surface area (Å²) in [6.07, 6.45) is 0. The standard InChI is InChI=1S/C10H14/c1-8(2)10-7-5-4-6-9(10)3/h4-8H,1-3H3/i4D. The molecule has 0 heterocycles. The summed E-state index contributed by atoms with van der Waals surface area (Å²) in [5.41, 5.74) is 2.58. The fourth-order valence-electron chi connectivity index (χ4n) is 1.17. The van der Waals surface area contributed by atoms with Gasteiger partial charge in [-0.15, -0.1) is 0 Å². The van der Waals surface area contributed by atoms with Gasteiger partial charge in [-0.2, -0.15) is 0 Å². The van der Waals surface area contributed by atoms with Crippen molar-refractivity contribution >= 4 is 0 Å². The summed E-state index contributed by atoms with van der Waals surface area (Å²) in [7, 11) is 0. The van der Waals surface area contributed by atoms with Crippen LogP contribution < -0.4 is 0 Å². The van der Waals surface area contributed by atoms with Crippen molar-refractivity contribution in [1.29, 1.82) is 0 Å². The summed E-state index contributed by atoms with van der Waals surface area (Å²) in [6, 6.07) is 6.41. The molecule has 0 saturated carbocycles. The van der Waals surface area contributed by atoms with E-state index in [0.29, 0.717) is 12.0 Å². The topological polar surface area (TPSA) is 0 Å². The summed E-state index contributed by atoms with van der Waals surface area (Å²) in [4.78, 5) is 0. The lowest BCUT2D eigenvalue weighted by molar-refractivity contribution is 0.856. The molecule has 0 fully saturated rings. The molecule has 0 aliphatic carbocycles. The quantitative estimate of drug-likeness (QED) is 0.555. The molecule has 0 aliphatic heterocycles. The molecule has 1 aromatic rings. The number of hydrogen-bond acceptors (Lipinski definition) is 0. The number of benzene rings is 1. The molecule has 0 heteroatoms. The average molecular weight is 135 g/mol. The molecule has 0 N–H and O–H groups in total. The van der Waals surface area contributed by atoms with Crippen LogP contribution in [0.1, 0.15) is 32.3 Å². The maximum Gasteiger partial charge on any atom is 0.0623 e. The van der Waals surface area contributed by atoms with Crippen molar-refractivity contribution in [3.05, 3.63) is 35.4 Å². The second-order valence-corrected chi connectivity index (χ2v) is 2.94. The van der Waals surface area contributed by atoms with Gasteiger partial charge in [0, 0.05) is 0 Å². The lowest BCUT2D eigenvalue weighted by Crippen LogP contribution is -1.89. The van der Waals surface area contributed by atoms with Gasteiger partial charge in [-0.25, -0.2) is 0 Å². The molecule has 0 bridgehead atoms. The predicted octanol–water partition coefficient (Wildman–Crippen LogP) is 3.12. The van der Waals surface area contributed by atoms with Gasteiger partial charge in [0.25, 0.3) is 0 Å².